The van der Waals surface area contributed by atoms with Crippen LogP contribution in [0.25, 0.3) is 11.4 Å². The molecule has 2 aliphatic rings. The third-order valence-corrected chi connectivity index (χ3v) is 7.90. The first kappa shape index (κ1) is 24.6. The number of amides is 1. The van der Waals surface area contributed by atoms with E-state index in [2.05, 4.69) is 28.6 Å². The predicted octanol–water partition coefficient (Wildman–Crippen LogP) is 6.55. The highest BCUT2D eigenvalue weighted by Crippen LogP contribution is 2.55. The fourth-order valence-corrected chi connectivity index (χ4v) is 6.21. The summed E-state index contributed by atoms with van der Waals surface area (Å²) in [4.78, 5) is 21.6. The molecule has 3 aromatic carbocycles. The molecule has 0 aliphatic carbocycles. The van der Waals surface area contributed by atoms with Crippen LogP contribution >= 0.6 is 23.2 Å². The Bertz CT molecular complexity index is 1630. The first-order valence-corrected chi connectivity index (χ1v) is 13.1. The minimum absolute atomic E-state index is 0.0232. The van der Waals surface area contributed by atoms with Crippen molar-refractivity contribution in [3.8, 4) is 17.1 Å². The molecule has 0 radical (unpaired) electrons. The maximum Gasteiger partial charge on any atom is 0.261 e. The van der Waals surface area contributed by atoms with Crippen molar-refractivity contribution < 1.29 is 9.53 Å². The lowest BCUT2D eigenvalue weighted by molar-refractivity contribution is -0.119. The number of carbonyl (C=O) groups excluding carboxylic acids is 1. The fraction of sp³-hybridized carbons (Fsp3) is 0.241. The Morgan fingerprint density at radius 2 is 1.82 bits per heavy atom. The summed E-state index contributed by atoms with van der Waals surface area (Å²) in [7, 11) is 1.62. The largest absolute Gasteiger partial charge is 0.496 e. The molecule has 0 fully saturated rings. The van der Waals surface area contributed by atoms with Gasteiger partial charge in [0.05, 0.1) is 30.6 Å². The summed E-state index contributed by atoms with van der Waals surface area (Å²) in [5.41, 5.74) is 11.3. The van der Waals surface area contributed by atoms with Crippen LogP contribution in [0.3, 0.4) is 0 Å². The van der Waals surface area contributed by atoms with Gasteiger partial charge >= 0.3 is 0 Å². The van der Waals surface area contributed by atoms with Gasteiger partial charge in [0.2, 0.25) is 0 Å². The number of anilines is 3. The van der Waals surface area contributed by atoms with Crippen molar-refractivity contribution in [3.05, 3.63) is 87.2 Å². The first-order valence-electron chi connectivity index (χ1n) is 12.4. The van der Waals surface area contributed by atoms with Gasteiger partial charge in [-0.15, -0.1) is 0 Å². The second-order valence-electron chi connectivity index (χ2n) is 10.0. The van der Waals surface area contributed by atoms with E-state index in [9.17, 15) is 4.79 Å². The van der Waals surface area contributed by atoms with Crippen LogP contribution in [0.2, 0.25) is 10.0 Å². The standard InChI is InChI=1S/C29H27Cl2N5O2/c1-15(2)36-26-23(33-27(36)20-9-8-19(32)13-25(20)38-4)14-35(24-12-18(31)6-5-16(24)3)29(26)21-10-7-17(30)11-22(21)34-28(29)37/h5-13,15H,14,32H2,1-4H3,(H,34,37). The van der Waals surface area contributed by atoms with Crippen molar-refractivity contribution in [1.29, 1.82) is 0 Å². The van der Waals surface area contributed by atoms with Gasteiger partial charge < -0.3 is 25.3 Å². The lowest BCUT2D eigenvalue weighted by atomic mass is 9.86. The molecule has 38 heavy (non-hydrogen) atoms. The molecule has 0 saturated heterocycles. The number of hydrogen-bond donors (Lipinski definition) is 2. The average Bonchev–Trinajstić information content (AvgIpc) is 3.49. The third-order valence-electron chi connectivity index (χ3n) is 7.43. The number of nitrogens with two attached hydrogens (primary N) is 1. The maximum atomic E-state index is 14.3. The number of nitrogen functional groups attached to an aromatic ring is 1. The van der Waals surface area contributed by atoms with Crippen molar-refractivity contribution in [2.45, 2.75) is 38.9 Å². The number of rotatable bonds is 4. The number of aromatic nitrogens is 2. The quantitative estimate of drug-likeness (QED) is 0.283. The highest BCUT2D eigenvalue weighted by molar-refractivity contribution is 6.31. The maximum absolute atomic E-state index is 14.3. The summed E-state index contributed by atoms with van der Waals surface area (Å²) in [6.45, 7) is 6.61. The van der Waals surface area contributed by atoms with E-state index in [1.807, 2.05) is 49.4 Å². The van der Waals surface area contributed by atoms with Crippen molar-refractivity contribution in [2.75, 3.05) is 23.1 Å². The minimum Gasteiger partial charge on any atom is -0.496 e. The summed E-state index contributed by atoms with van der Waals surface area (Å²) in [6.07, 6.45) is 0. The van der Waals surface area contributed by atoms with Crippen LogP contribution in [-0.4, -0.2) is 22.6 Å². The van der Waals surface area contributed by atoms with Crippen LogP contribution in [0.1, 0.15) is 42.4 Å². The van der Waals surface area contributed by atoms with Crippen molar-refractivity contribution in [1.82, 2.24) is 9.55 Å². The number of methoxy groups -OCH3 is 1. The van der Waals surface area contributed by atoms with Crippen LogP contribution in [0.4, 0.5) is 17.1 Å². The van der Waals surface area contributed by atoms with E-state index in [4.69, 9.17) is 38.7 Å². The van der Waals surface area contributed by atoms with Crippen molar-refractivity contribution in [2.24, 2.45) is 0 Å². The fourth-order valence-electron chi connectivity index (χ4n) is 5.87. The van der Waals surface area contributed by atoms with Gasteiger partial charge in [-0.25, -0.2) is 4.98 Å². The smallest absolute Gasteiger partial charge is 0.261 e. The lowest BCUT2D eigenvalue weighted by Crippen LogP contribution is -2.49. The molecule has 3 heterocycles. The van der Waals surface area contributed by atoms with Gasteiger partial charge in [0.15, 0.2) is 5.54 Å². The van der Waals surface area contributed by atoms with Crippen LogP contribution in [-0.2, 0) is 16.9 Å². The normalized spacial score (nSPS) is 17.8. The highest BCUT2D eigenvalue weighted by atomic mass is 35.5. The van der Waals surface area contributed by atoms with Gasteiger partial charge in [-0.2, -0.15) is 0 Å². The molecule has 9 heteroatoms. The van der Waals surface area contributed by atoms with Crippen LogP contribution in [0.15, 0.2) is 54.6 Å². The molecule has 4 aromatic rings. The number of nitrogens with zero attached hydrogens (tertiary/aromatic N) is 3. The van der Waals surface area contributed by atoms with Crippen LogP contribution in [0.5, 0.6) is 5.75 Å². The number of halogens is 2. The van der Waals surface area contributed by atoms with Gasteiger partial charge in [-0.05, 0) is 62.7 Å². The summed E-state index contributed by atoms with van der Waals surface area (Å²) in [6, 6.07) is 16.8. The SMILES string of the molecule is COc1cc(N)ccc1-c1nc2c(n1C(C)C)C1(C(=O)Nc3cc(Cl)ccc31)N(c1cc(Cl)ccc1C)C2. The van der Waals surface area contributed by atoms with Gasteiger partial charge in [0, 0.05) is 44.8 Å². The number of nitrogens with one attached hydrogen (secondary N) is 1. The van der Waals surface area contributed by atoms with E-state index < -0.39 is 5.54 Å². The Labute approximate surface area is 231 Å². The number of imidazole rings is 1. The predicted molar refractivity (Wildman–Crippen MR) is 152 cm³/mol. The third kappa shape index (κ3) is 3.35. The van der Waals surface area contributed by atoms with Crippen LogP contribution < -0.4 is 20.7 Å². The summed E-state index contributed by atoms with van der Waals surface area (Å²) in [5.74, 6) is 1.18. The van der Waals surface area contributed by atoms with E-state index in [0.29, 0.717) is 33.7 Å². The molecule has 194 valence electrons. The molecule has 2 aliphatic heterocycles. The number of hydrogen-bond acceptors (Lipinski definition) is 5. The van der Waals surface area contributed by atoms with Gasteiger partial charge in [0.1, 0.15) is 11.6 Å². The summed E-state index contributed by atoms with van der Waals surface area (Å²) >= 11 is 12.8. The molecular formula is C29H27Cl2N5O2. The highest BCUT2D eigenvalue weighted by Gasteiger charge is 2.60. The molecule has 0 saturated carbocycles. The number of ether oxygens (including phenoxy) is 1. The number of carbonyl (C=O) groups is 1. The minimum atomic E-state index is -1.18. The molecule has 1 spiro atoms. The Morgan fingerprint density at radius 3 is 2.55 bits per heavy atom. The second kappa shape index (κ2) is 8.68. The molecule has 1 amide bonds. The average molecular weight is 548 g/mol. The monoisotopic (exact) mass is 547 g/mol. The van der Waals surface area contributed by atoms with Crippen LogP contribution in [0, 0.1) is 6.92 Å². The number of benzene rings is 3. The lowest BCUT2D eigenvalue weighted by Gasteiger charge is -2.38. The van der Waals surface area contributed by atoms with E-state index in [1.165, 1.54) is 0 Å². The first-order chi connectivity index (χ1) is 18.2. The Balaban J connectivity index is 1.70. The summed E-state index contributed by atoms with van der Waals surface area (Å²) in [5, 5.41) is 4.26. The number of fused-ring (bicyclic) bond motifs is 4. The molecule has 1 aromatic heterocycles. The zero-order valence-electron chi connectivity index (χ0n) is 21.5. The molecule has 6 rings (SSSR count). The zero-order chi connectivity index (χ0) is 26.9. The molecule has 7 nitrogen and oxygen atoms in total. The zero-order valence-corrected chi connectivity index (χ0v) is 23.0. The van der Waals surface area contributed by atoms with Crippen molar-refractivity contribution >= 4 is 46.2 Å². The van der Waals surface area contributed by atoms with Crippen molar-refractivity contribution in [3.63, 3.8) is 0 Å². The van der Waals surface area contributed by atoms with Gasteiger partial charge in [0.25, 0.3) is 5.91 Å². The Hall–Kier alpha value is -3.68. The molecule has 1 unspecified atom stereocenters. The molecule has 3 N–H and O–H groups in total. The Morgan fingerprint density at radius 1 is 1.08 bits per heavy atom. The second-order valence-corrected chi connectivity index (χ2v) is 10.9. The molecular weight excluding hydrogens is 521 g/mol. The molecule has 0 bridgehead atoms. The van der Waals surface area contributed by atoms with E-state index in [1.54, 1.807) is 19.2 Å². The van der Waals surface area contributed by atoms with E-state index in [0.717, 1.165) is 39.6 Å². The number of aryl methyl sites for hydroxylation is 1. The van der Waals surface area contributed by atoms with E-state index >= 15 is 0 Å². The van der Waals surface area contributed by atoms with Gasteiger partial charge in [-0.3, -0.25) is 4.79 Å². The topological polar surface area (TPSA) is 85.4 Å². The summed E-state index contributed by atoms with van der Waals surface area (Å²) < 4.78 is 7.84. The Kier molecular flexibility index (Phi) is 5.63. The van der Waals surface area contributed by atoms with E-state index in [-0.39, 0.29) is 11.9 Å². The molecule has 1 atom stereocenters. The van der Waals surface area contributed by atoms with Gasteiger partial charge in [-0.1, -0.05) is 35.3 Å².